The highest BCUT2D eigenvalue weighted by Gasteiger charge is 2.28. The predicted octanol–water partition coefficient (Wildman–Crippen LogP) is 4.85. The van der Waals surface area contributed by atoms with Crippen molar-refractivity contribution in [1.29, 1.82) is 0 Å². The molecule has 1 fully saturated rings. The van der Waals surface area contributed by atoms with E-state index in [9.17, 15) is 13.2 Å². The van der Waals surface area contributed by atoms with E-state index in [1.165, 1.54) is 6.07 Å². The molecule has 0 aliphatic carbocycles. The number of carbonyl (C=O) groups excluding carboxylic acids is 1. The number of benzene rings is 1. The van der Waals surface area contributed by atoms with Gasteiger partial charge in [0, 0.05) is 42.4 Å². The number of aromatic amines is 1. The van der Waals surface area contributed by atoms with Crippen molar-refractivity contribution in [3.05, 3.63) is 53.9 Å². The third-order valence-corrected chi connectivity index (χ3v) is 8.72. The summed E-state index contributed by atoms with van der Waals surface area (Å²) in [6.07, 6.45) is 7.75. The number of piperidine rings is 1. The van der Waals surface area contributed by atoms with Crippen molar-refractivity contribution in [2.45, 2.75) is 17.1 Å². The first kappa shape index (κ1) is 29.0. The van der Waals surface area contributed by atoms with Crippen molar-refractivity contribution in [2.75, 3.05) is 24.2 Å². The number of carbonyl (C=O) groups is 1. The van der Waals surface area contributed by atoms with Crippen molar-refractivity contribution >= 4 is 80.9 Å². The smallest absolute Gasteiger partial charge is 0.184 e. The SMILES string of the molecule is CS(=O)(=O)c1ccc(C(=O)C2CCN(c3ncnc4ccc(-c5cn[nH]c5)cc34)CC2)s1.Cl.Cl.Cl. The van der Waals surface area contributed by atoms with Crippen LogP contribution in [-0.2, 0) is 9.84 Å². The van der Waals surface area contributed by atoms with Gasteiger partial charge in [0.2, 0.25) is 0 Å². The number of thiophene rings is 1. The Balaban J connectivity index is 0.00000144. The molecule has 1 aliphatic rings. The number of halogens is 3. The first-order chi connectivity index (χ1) is 15.4. The summed E-state index contributed by atoms with van der Waals surface area (Å²) in [7, 11) is -3.29. The molecule has 8 nitrogen and oxygen atoms in total. The van der Waals surface area contributed by atoms with Crippen LogP contribution in [0.4, 0.5) is 5.82 Å². The fraction of sp³-hybridized carbons (Fsp3) is 0.273. The molecule has 0 bridgehead atoms. The van der Waals surface area contributed by atoms with Crippen molar-refractivity contribution < 1.29 is 13.2 Å². The molecule has 5 rings (SSSR count). The lowest BCUT2D eigenvalue weighted by Crippen LogP contribution is -2.36. The van der Waals surface area contributed by atoms with Crippen LogP contribution in [0.15, 0.2) is 53.3 Å². The lowest BCUT2D eigenvalue weighted by Gasteiger charge is -2.32. The molecule has 0 atom stereocenters. The minimum atomic E-state index is -3.29. The normalized spacial score (nSPS) is 14.0. The average Bonchev–Trinajstić information content (AvgIpc) is 3.50. The van der Waals surface area contributed by atoms with Crippen molar-refractivity contribution in [1.82, 2.24) is 20.2 Å². The van der Waals surface area contributed by atoms with Crippen LogP contribution in [0.2, 0.25) is 0 Å². The monoisotopic (exact) mass is 575 g/mol. The van der Waals surface area contributed by atoms with E-state index in [4.69, 9.17) is 0 Å². The van der Waals surface area contributed by atoms with Crippen LogP contribution in [0.5, 0.6) is 0 Å². The predicted molar refractivity (Wildman–Crippen MR) is 146 cm³/mol. The summed E-state index contributed by atoms with van der Waals surface area (Å²) in [6, 6.07) is 9.22. The Morgan fingerprint density at radius 3 is 2.43 bits per heavy atom. The average molecular weight is 577 g/mol. The maximum atomic E-state index is 12.9. The second kappa shape index (κ2) is 11.7. The number of fused-ring (bicyclic) bond motifs is 1. The minimum absolute atomic E-state index is 0. The molecule has 13 heteroatoms. The number of ketones is 1. The highest BCUT2D eigenvalue weighted by Crippen LogP contribution is 2.32. The van der Waals surface area contributed by atoms with E-state index in [2.05, 4.69) is 31.1 Å². The topological polar surface area (TPSA) is 109 Å². The van der Waals surface area contributed by atoms with E-state index < -0.39 is 9.84 Å². The molecular formula is C22H24Cl3N5O3S2. The number of sulfone groups is 1. The lowest BCUT2D eigenvalue weighted by molar-refractivity contribution is 0.0904. The number of hydrogen-bond acceptors (Lipinski definition) is 8. The molecule has 0 spiro atoms. The van der Waals surface area contributed by atoms with E-state index in [1.54, 1.807) is 18.6 Å². The summed E-state index contributed by atoms with van der Waals surface area (Å²) in [5.74, 6) is 0.771. The van der Waals surface area contributed by atoms with Gasteiger partial charge >= 0.3 is 0 Å². The standard InChI is InChI=1S/C22H21N5O3S2.3ClH/c1-32(29,30)20-5-4-19(31-20)21(28)14-6-8-27(9-7-14)22-17-10-15(16-11-25-26-12-16)2-3-18(17)23-13-24-22;;;/h2-5,10-14H,6-9H2,1H3,(H,25,26);3*1H. The quantitative estimate of drug-likeness (QED) is 0.338. The second-order valence-corrected chi connectivity index (χ2v) is 11.3. The zero-order chi connectivity index (χ0) is 22.3. The summed E-state index contributed by atoms with van der Waals surface area (Å²) in [6.45, 7) is 1.39. The Labute approximate surface area is 225 Å². The van der Waals surface area contributed by atoms with Gasteiger partial charge in [0.05, 0.1) is 16.6 Å². The number of Topliss-reactive ketones (excluding diaryl/α,β-unsaturated/α-hetero) is 1. The van der Waals surface area contributed by atoms with Crippen LogP contribution >= 0.6 is 48.6 Å². The van der Waals surface area contributed by atoms with E-state index in [1.807, 2.05) is 18.3 Å². The molecule has 1 aliphatic heterocycles. The highest BCUT2D eigenvalue weighted by atomic mass is 35.5. The van der Waals surface area contributed by atoms with Gasteiger partial charge in [0.25, 0.3) is 0 Å². The molecule has 188 valence electrons. The molecule has 0 amide bonds. The van der Waals surface area contributed by atoms with Gasteiger partial charge in [-0.1, -0.05) is 6.07 Å². The molecule has 35 heavy (non-hydrogen) atoms. The van der Waals surface area contributed by atoms with E-state index in [-0.39, 0.29) is 53.1 Å². The zero-order valence-electron chi connectivity index (χ0n) is 18.6. The number of hydrogen-bond donors (Lipinski definition) is 1. The number of nitrogens with one attached hydrogen (secondary N) is 1. The third-order valence-electron chi connectivity index (χ3n) is 5.80. The van der Waals surface area contributed by atoms with E-state index >= 15 is 0 Å². The molecule has 0 saturated carbocycles. The van der Waals surface area contributed by atoms with Gasteiger partial charge < -0.3 is 4.90 Å². The first-order valence-corrected chi connectivity index (χ1v) is 12.9. The van der Waals surface area contributed by atoms with Crippen LogP contribution in [-0.4, -0.2) is 53.7 Å². The fourth-order valence-corrected chi connectivity index (χ4v) is 6.04. The third kappa shape index (κ3) is 5.95. The van der Waals surface area contributed by atoms with Crippen molar-refractivity contribution in [2.24, 2.45) is 5.92 Å². The maximum absolute atomic E-state index is 12.9. The van der Waals surface area contributed by atoms with Crippen molar-refractivity contribution in [3.8, 4) is 11.1 Å². The van der Waals surface area contributed by atoms with E-state index in [0.29, 0.717) is 30.8 Å². The van der Waals surface area contributed by atoms with Crippen LogP contribution in [0.25, 0.3) is 22.0 Å². The first-order valence-electron chi connectivity index (χ1n) is 10.2. The molecule has 1 aromatic carbocycles. The number of anilines is 1. The summed E-state index contributed by atoms with van der Waals surface area (Å²) in [5.41, 5.74) is 2.90. The number of H-pyrrole nitrogens is 1. The molecule has 4 aromatic rings. The molecule has 4 heterocycles. The minimum Gasteiger partial charge on any atom is -0.356 e. The lowest BCUT2D eigenvalue weighted by atomic mass is 9.91. The molecule has 1 saturated heterocycles. The Kier molecular flexibility index (Phi) is 9.66. The van der Waals surface area contributed by atoms with Gasteiger partial charge in [-0.05, 0) is 42.7 Å². The summed E-state index contributed by atoms with van der Waals surface area (Å²) >= 11 is 1.06. The summed E-state index contributed by atoms with van der Waals surface area (Å²) < 4.78 is 23.7. The largest absolute Gasteiger partial charge is 0.356 e. The van der Waals surface area contributed by atoms with Crippen LogP contribution < -0.4 is 4.90 Å². The van der Waals surface area contributed by atoms with Gasteiger partial charge in [-0.25, -0.2) is 18.4 Å². The molecule has 3 aromatic heterocycles. The Bertz CT molecular complexity index is 1400. The molecule has 0 unspecified atom stereocenters. The number of rotatable bonds is 5. The summed E-state index contributed by atoms with van der Waals surface area (Å²) in [4.78, 5) is 24.6. The number of nitrogens with zero attached hydrogens (tertiary/aromatic N) is 4. The molecule has 0 radical (unpaired) electrons. The zero-order valence-corrected chi connectivity index (χ0v) is 22.7. The Morgan fingerprint density at radius 2 is 1.80 bits per heavy atom. The summed E-state index contributed by atoms with van der Waals surface area (Å²) in [5, 5.41) is 7.83. The molecule has 1 N–H and O–H groups in total. The Hall–Kier alpha value is -2.24. The maximum Gasteiger partial charge on any atom is 0.184 e. The van der Waals surface area contributed by atoms with E-state index in [0.717, 1.165) is 45.4 Å². The molecular weight excluding hydrogens is 553 g/mol. The van der Waals surface area contributed by atoms with Gasteiger partial charge in [-0.3, -0.25) is 9.89 Å². The Morgan fingerprint density at radius 1 is 1.06 bits per heavy atom. The van der Waals surface area contributed by atoms with Gasteiger partial charge in [0.1, 0.15) is 16.4 Å². The fourth-order valence-electron chi connectivity index (χ4n) is 4.09. The van der Waals surface area contributed by atoms with Crippen LogP contribution in [0.1, 0.15) is 22.5 Å². The van der Waals surface area contributed by atoms with Gasteiger partial charge in [-0.2, -0.15) is 5.10 Å². The van der Waals surface area contributed by atoms with Gasteiger partial charge in [-0.15, -0.1) is 48.6 Å². The van der Waals surface area contributed by atoms with Crippen LogP contribution in [0, 0.1) is 5.92 Å². The second-order valence-electron chi connectivity index (χ2n) is 7.93. The highest BCUT2D eigenvalue weighted by molar-refractivity contribution is 7.92. The van der Waals surface area contributed by atoms with Gasteiger partial charge in [0.15, 0.2) is 15.6 Å². The number of aromatic nitrogens is 4. The van der Waals surface area contributed by atoms with Crippen LogP contribution in [0.3, 0.4) is 0 Å². The van der Waals surface area contributed by atoms with Crippen molar-refractivity contribution in [3.63, 3.8) is 0 Å².